The molecule has 0 aliphatic carbocycles. The lowest BCUT2D eigenvalue weighted by molar-refractivity contribution is -0.672. The number of alkyl halides is 3. The summed E-state index contributed by atoms with van der Waals surface area (Å²) in [5, 5.41) is 9.60. The molecule has 0 saturated heterocycles. The number of nitrogens with one attached hydrogen (secondary N) is 2. The molecule has 0 atom stereocenters. The lowest BCUT2D eigenvalue weighted by Crippen LogP contribution is -2.84. The normalized spacial score (nSPS) is 13.8. The SMILES string of the molecule is CC(=O)Nc1sc2c(c1/C(N)=N/NN)CC[NH2+]C2.CC(=O)OC(F)(F)F. The fourth-order valence-corrected chi connectivity index (χ4v) is 3.53. The molecule has 1 aliphatic rings. The van der Waals surface area contributed by atoms with Crippen LogP contribution in [0.15, 0.2) is 5.10 Å². The molecule has 1 amide bonds. The maximum Gasteiger partial charge on any atom is 0.575 e. The number of hydrogen-bond donors (Lipinski definition) is 5. The van der Waals surface area contributed by atoms with Gasteiger partial charge in [0.15, 0.2) is 5.84 Å². The van der Waals surface area contributed by atoms with Gasteiger partial charge < -0.3 is 21.1 Å². The van der Waals surface area contributed by atoms with Gasteiger partial charge in [-0.3, -0.25) is 9.59 Å². The second kappa shape index (κ2) is 9.35. The number of hydrogen-bond acceptors (Lipinski definition) is 7. The first kappa shape index (κ1) is 21.7. The zero-order valence-corrected chi connectivity index (χ0v) is 14.9. The molecule has 0 bridgehead atoms. The average Bonchev–Trinajstić information content (AvgIpc) is 2.82. The van der Waals surface area contributed by atoms with Crippen molar-refractivity contribution in [3.63, 3.8) is 0 Å². The van der Waals surface area contributed by atoms with Crippen molar-refractivity contribution in [3.05, 3.63) is 16.0 Å². The Morgan fingerprint density at radius 3 is 2.46 bits per heavy atom. The van der Waals surface area contributed by atoms with E-state index in [1.807, 2.05) is 0 Å². The van der Waals surface area contributed by atoms with E-state index >= 15 is 0 Å². The highest BCUT2D eigenvalue weighted by Crippen LogP contribution is 2.34. The summed E-state index contributed by atoms with van der Waals surface area (Å²) in [6, 6.07) is 0. The second-order valence-corrected chi connectivity index (χ2v) is 6.19. The van der Waals surface area contributed by atoms with E-state index in [4.69, 9.17) is 11.6 Å². The fraction of sp³-hybridized carbons (Fsp3) is 0.462. The highest BCUT2D eigenvalue weighted by Gasteiger charge is 2.32. The van der Waals surface area contributed by atoms with Crippen LogP contribution < -0.4 is 27.7 Å². The van der Waals surface area contributed by atoms with Gasteiger partial charge in [-0.15, -0.1) is 29.6 Å². The predicted molar refractivity (Wildman–Crippen MR) is 88.7 cm³/mol. The third-order valence-corrected chi connectivity index (χ3v) is 4.18. The Kier molecular flexibility index (Phi) is 7.79. The lowest BCUT2D eigenvalue weighted by Gasteiger charge is -2.11. The molecule has 0 saturated carbocycles. The number of hydrazone groups is 1. The van der Waals surface area contributed by atoms with E-state index in [1.165, 1.54) is 17.4 Å². The minimum absolute atomic E-state index is 0.118. The van der Waals surface area contributed by atoms with E-state index in [0.29, 0.717) is 12.8 Å². The summed E-state index contributed by atoms with van der Waals surface area (Å²) in [6.45, 7) is 4.09. The van der Waals surface area contributed by atoms with Gasteiger partial charge in [-0.2, -0.15) is 0 Å². The van der Waals surface area contributed by atoms with Gasteiger partial charge in [0.2, 0.25) is 5.91 Å². The molecule has 1 aromatic rings. The van der Waals surface area contributed by atoms with Crippen molar-refractivity contribution in [2.45, 2.75) is 33.2 Å². The molecule has 1 aromatic heterocycles. The van der Waals surface area contributed by atoms with Crippen LogP contribution in [0.4, 0.5) is 18.2 Å². The number of carbonyl (C=O) groups is 2. The van der Waals surface area contributed by atoms with Crippen LogP contribution in [-0.2, 0) is 27.3 Å². The van der Waals surface area contributed by atoms with Crippen LogP contribution in [0.25, 0.3) is 0 Å². The summed E-state index contributed by atoms with van der Waals surface area (Å²) in [5.41, 5.74) is 10.1. The molecule has 9 nitrogen and oxygen atoms in total. The first-order chi connectivity index (χ1) is 12.0. The van der Waals surface area contributed by atoms with Crippen molar-refractivity contribution in [1.82, 2.24) is 5.53 Å². The summed E-state index contributed by atoms with van der Waals surface area (Å²) < 4.78 is 35.4. The van der Waals surface area contributed by atoms with Crippen molar-refractivity contribution in [2.24, 2.45) is 16.7 Å². The standard InChI is InChI=1S/C10H16N6OS.C3H3F3O2/c1-5(17)14-10-8(9(11)15-16-12)6-2-3-13-4-7(6)18-10;1-2(7)8-3(4,5)6/h13,16H,2-4,12H2,1H3,(H2,11,15)(H,14,17);1H3/p+1. The quantitative estimate of drug-likeness (QED) is 0.152. The number of nitrogens with zero attached hydrogens (tertiary/aromatic N) is 1. The molecule has 146 valence electrons. The van der Waals surface area contributed by atoms with Gasteiger partial charge in [-0.1, -0.05) is 0 Å². The number of esters is 1. The van der Waals surface area contributed by atoms with Crippen molar-refractivity contribution in [1.29, 1.82) is 0 Å². The molecule has 13 heteroatoms. The van der Waals surface area contributed by atoms with E-state index in [1.54, 1.807) is 11.3 Å². The van der Waals surface area contributed by atoms with Crippen molar-refractivity contribution >= 4 is 34.0 Å². The maximum atomic E-state index is 11.2. The number of quaternary nitrogens is 1. The van der Waals surface area contributed by atoms with Crippen LogP contribution >= 0.6 is 11.3 Å². The number of ether oxygens (including phenoxy) is 1. The Morgan fingerprint density at radius 1 is 1.35 bits per heavy atom. The molecule has 8 N–H and O–H groups in total. The summed E-state index contributed by atoms with van der Waals surface area (Å²) >= 11 is 1.55. The summed E-state index contributed by atoms with van der Waals surface area (Å²) in [7, 11) is 0. The number of nitrogens with two attached hydrogens (primary N) is 3. The largest absolute Gasteiger partial charge is 0.575 e. The van der Waals surface area contributed by atoms with Gasteiger partial charge >= 0.3 is 12.3 Å². The van der Waals surface area contributed by atoms with E-state index < -0.39 is 12.3 Å². The van der Waals surface area contributed by atoms with Crippen molar-refractivity contribution in [3.8, 4) is 0 Å². The van der Waals surface area contributed by atoms with Crippen LogP contribution in [-0.4, -0.2) is 30.6 Å². The van der Waals surface area contributed by atoms with Crippen LogP contribution in [0.2, 0.25) is 0 Å². The van der Waals surface area contributed by atoms with Crippen LogP contribution in [0.3, 0.4) is 0 Å². The maximum absolute atomic E-state index is 11.2. The summed E-state index contributed by atoms with van der Waals surface area (Å²) in [4.78, 5) is 22.0. The Bertz CT molecular complexity index is 689. The Balaban J connectivity index is 0.000000359. The first-order valence-corrected chi connectivity index (χ1v) is 8.16. The van der Waals surface area contributed by atoms with Crippen molar-refractivity contribution < 1.29 is 32.8 Å². The molecule has 0 radical (unpaired) electrons. The summed E-state index contributed by atoms with van der Waals surface area (Å²) in [5.74, 6) is 3.99. The first-order valence-electron chi connectivity index (χ1n) is 7.34. The summed E-state index contributed by atoms with van der Waals surface area (Å²) in [6.07, 6.45) is -3.91. The highest BCUT2D eigenvalue weighted by atomic mass is 32.1. The number of amides is 1. The molecule has 2 rings (SSSR count). The topological polar surface area (TPSA) is 148 Å². The van der Waals surface area contributed by atoms with Crippen LogP contribution in [0.1, 0.15) is 29.9 Å². The smallest absolute Gasteiger partial charge is 0.382 e. The predicted octanol–water partition coefficient (Wildman–Crippen LogP) is -0.521. The van der Waals surface area contributed by atoms with E-state index in [0.717, 1.165) is 30.1 Å². The number of hydrazine groups is 1. The Hall–Kier alpha value is -2.38. The van der Waals surface area contributed by atoms with Crippen molar-refractivity contribution in [2.75, 3.05) is 11.9 Å². The Morgan fingerprint density at radius 2 is 2.00 bits per heavy atom. The minimum atomic E-state index is -4.83. The van der Waals surface area contributed by atoms with Gasteiger partial charge in [0.1, 0.15) is 11.5 Å². The van der Waals surface area contributed by atoms with Crippen LogP contribution in [0.5, 0.6) is 0 Å². The number of fused-ring (bicyclic) bond motifs is 1. The molecule has 0 fully saturated rings. The van der Waals surface area contributed by atoms with Gasteiger partial charge in [0.05, 0.1) is 17.0 Å². The van der Waals surface area contributed by atoms with Gasteiger partial charge in [0, 0.05) is 20.3 Å². The number of rotatable bonds is 3. The molecular formula is C13H20F3N6O3S+. The average molecular weight is 397 g/mol. The molecule has 0 unspecified atom stereocenters. The zero-order valence-electron chi connectivity index (χ0n) is 14.1. The minimum Gasteiger partial charge on any atom is -0.382 e. The molecule has 0 aromatic carbocycles. The number of amidine groups is 1. The third kappa shape index (κ3) is 6.85. The molecular weight excluding hydrogens is 377 g/mol. The monoisotopic (exact) mass is 397 g/mol. The van der Waals surface area contributed by atoms with Gasteiger partial charge in [-0.05, 0) is 5.56 Å². The molecule has 2 heterocycles. The van der Waals surface area contributed by atoms with Gasteiger partial charge in [-0.25, -0.2) is 11.4 Å². The Labute approximate surface area is 150 Å². The van der Waals surface area contributed by atoms with E-state index in [-0.39, 0.29) is 5.91 Å². The van der Waals surface area contributed by atoms with E-state index in [9.17, 15) is 22.8 Å². The number of anilines is 1. The third-order valence-electron chi connectivity index (χ3n) is 3.01. The molecule has 1 aliphatic heterocycles. The lowest BCUT2D eigenvalue weighted by atomic mass is 10.0. The van der Waals surface area contributed by atoms with Gasteiger partial charge in [0.25, 0.3) is 0 Å². The fourth-order valence-electron chi connectivity index (χ4n) is 2.23. The van der Waals surface area contributed by atoms with E-state index in [2.05, 4.69) is 26.0 Å². The number of carbonyl (C=O) groups excluding carboxylic acids is 2. The zero-order chi connectivity index (χ0) is 19.9. The highest BCUT2D eigenvalue weighted by molar-refractivity contribution is 7.17. The van der Waals surface area contributed by atoms with Crippen LogP contribution in [0, 0.1) is 0 Å². The number of halogens is 3. The molecule has 0 spiro atoms. The second-order valence-electron chi connectivity index (χ2n) is 5.09. The molecule has 26 heavy (non-hydrogen) atoms. The number of thiophene rings is 1.